The van der Waals surface area contributed by atoms with E-state index in [1.54, 1.807) is 0 Å². The van der Waals surface area contributed by atoms with E-state index < -0.39 is 33.3 Å². The van der Waals surface area contributed by atoms with Crippen LogP contribution in [0.2, 0.25) is 0 Å². The number of hydrogen-bond acceptors (Lipinski definition) is 5. The molecular formula is C14H19FN2O5S. The summed E-state index contributed by atoms with van der Waals surface area (Å²) in [5, 5.41) is 2.44. The van der Waals surface area contributed by atoms with E-state index in [4.69, 9.17) is 0 Å². The quantitative estimate of drug-likeness (QED) is 0.703. The van der Waals surface area contributed by atoms with Crippen molar-refractivity contribution in [1.29, 1.82) is 0 Å². The van der Waals surface area contributed by atoms with Gasteiger partial charge in [0.25, 0.3) is 0 Å². The maximum atomic E-state index is 12.8. The Bertz CT molecular complexity index is 671. The third kappa shape index (κ3) is 5.61. The van der Waals surface area contributed by atoms with Gasteiger partial charge in [-0.15, -0.1) is 0 Å². The topological polar surface area (TPSA) is 102 Å². The lowest BCUT2D eigenvalue weighted by Crippen LogP contribution is -2.50. The molecule has 0 aliphatic rings. The zero-order chi connectivity index (χ0) is 17.7. The molecule has 0 unspecified atom stereocenters. The van der Waals surface area contributed by atoms with Crippen LogP contribution in [0.5, 0.6) is 0 Å². The predicted octanol–water partition coefficient (Wildman–Crippen LogP) is 0.562. The smallest absolute Gasteiger partial charge is 0.330 e. The molecule has 0 aromatic heterocycles. The first kappa shape index (κ1) is 19.0. The van der Waals surface area contributed by atoms with Crippen LogP contribution in [-0.2, 0) is 24.3 Å². The van der Waals surface area contributed by atoms with E-state index in [1.807, 2.05) is 0 Å². The summed E-state index contributed by atoms with van der Waals surface area (Å²) < 4.78 is 43.4. The number of carbonyl (C=O) groups excluding carboxylic acids is 2. The van der Waals surface area contributed by atoms with Gasteiger partial charge in [-0.1, -0.05) is 0 Å². The fourth-order valence-corrected chi connectivity index (χ4v) is 2.75. The first-order valence-corrected chi connectivity index (χ1v) is 8.21. The summed E-state index contributed by atoms with van der Waals surface area (Å²) in [5.41, 5.74) is -1.21. The monoisotopic (exact) mass is 346 g/mol. The number of benzene rings is 1. The number of rotatable bonds is 7. The standard InChI is InChI=1S/C14H19FN2O5S/c1-14(2,13(19)22-3)17-12(18)8-9-16-23(20,21)11-6-4-10(15)5-7-11/h4-7,16H,8-9H2,1-3H3,(H,17,18). The van der Waals surface area contributed by atoms with Gasteiger partial charge < -0.3 is 10.1 Å². The minimum atomic E-state index is -3.83. The van der Waals surface area contributed by atoms with Crippen LogP contribution in [0.4, 0.5) is 4.39 Å². The van der Waals surface area contributed by atoms with Crippen LogP contribution in [0.1, 0.15) is 20.3 Å². The summed E-state index contributed by atoms with van der Waals surface area (Å²) in [4.78, 5) is 23.1. The fraction of sp³-hybridized carbons (Fsp3) is 0.429. The maximum Gasteiger partial charge on any atom is 0.330 e. The largest absolute Gasteiger partial charge is 0.467 e. The Morgan fingerprint density at radius 1 is 1.22 bits per heavy atom. The van der Waals surface area contributed by atoms with Gasteiger partial charge in [0.15, 0.2) is 0 Å². The highest BCUT2D eigenvalue weighted by molar-refractivity contribution is 7.89. The molecule has 0 aliphatic heterocycles. The number of esters is 1. The third-order valence-electron chi connectivity index (χ3n) is 2.92. The van der Waals surface area contributed by atoms with Gasteiger partial charge in [-0.2, -0.15) is 0 Å². The second kappa shape index (κ2) is 7.51. The van der Waals surface area contributed by atoms with Crippen LogP contribution < -0.4 is 10.0 Å². The number of halogens is 1. The van der Waals surface area contributed by atoms with Crippen molar-refractivity contribution in [3.63, 3.8) is 0 Å². The van der Waals surface area contributed by atoms with Gasteiger partial charge in [0, 0.05) is 13.0 Å². The molecule has 128 valence electrons. The first-order valence-electron chi connectivity index (χ1n) is 6.73. The average Bonchev–Trinajstić information content (AvgIpc) is 2.46. The minimum Gasteiger partial charge on any atom is -0.467 e. The van der Waals surface area contributed by atoms with Crippen LogP contribution in [0.3, 0.4) is 0 Å². The first-order chi connectivity index (χ1) is 10.6. The molecule has 0 saturated carbocycles. The van der Waals surface area contributed by atoms with E-state index in [0.717, 1.165) is 24.3 Å². The molecule has 2 N–H and O–H groups in total. The molecule has 0 radical (unpaired) electrons. The lowest BCUT2D eigenvalue weighted by Gasteiger charge is -2.23. The number of carbonyl (C=O) groups is 2. The lowest BCUT2D eigenvalue weighted by atomic mass is 10.1. The highest BCUT2D eigenvalue weighted by Crippen LogP contribution is 2.09. The molecule has 0 heterocycles. The second-order valence-electron chi connectivity index (χ2n) is 5.27. The molecular weight excluding hydrogens is 327 g/mol. The Labute approximate surface area is 134 Å². The number of nitrogens with one attached hydrogen (secondary N) is 2. The van der Waals surface area contributed by atoms with Crippen molar-refractivity contribution in [2.75, 3.05) is 13.7 Å². The van der Waals surface area contributed by atoms with Crippen molar-refractivity contribution in [2.24, 2.45) is 0 Å². The zero-order valence-electron chi connectivity index (χ0n) is 13.1. The molecule has 0 atom stereocenters. The number of amides is 1. The number of hydrogen-bond donors (Lipinski definition) is 2. The van der Waals surface area contributed by atoms with E-state index in [0.29, 0.717) is 0 Å². The third-order valence-corrected chi connectivity index (χ3v) is 4.39. The molecule has 0 bridgehead atoms. The van der Waals surface area contributed by atoms with Crippen LogP contribution >= 0.6 is 0 Å². The van der Waals surface area contributed by atoms with E-state index >= 15 is 0 Å². The van der Waals surface area contributed by atoms with Crippen LogP contribution in [0.15, 0.2) is 29.2 Å². The van der Waals surface area contributed by atoms with Crippen molar-refractivity contribution in [3.05, 3.63) is 30.1 Å². The Kier molecular flexibility index (Phi) is 6.22. The molecule has 1 rings (SSSR count). The predicted molar refractivity (Wildman–Crippen MR) is 80.4 cm³/mol. The minimum absolute atomic E-state index is 0.103. The summed E-state index contributed by atoms with van der Waals surface area (Å²) in [7, 11) is -2.62. The maximum absolute atomic E-state index is 12.8. The lowest BCUT2D eigenvalue weighted by molar-refractivity contribution is -0.149. The van der Waals surface area contributed by atoms with Crippen molar-refractivity contribution < 1.29 is 27.1 Å². The van der Waals surface area contributed by atoms with Gasteiger partial charge in [0.2, 0.25) is 15.9 Å². The summed E-state index contributed by atoms with van der Waals surface area (Å²) in [6.07, 6.45) is -0.166. The average molecular weight is 346 g/mol. The Hall–Kier alpha value is -2.00. The molecule has 9 heteroatoms. The Balaban J connectivity index is 2.54. The summed E-state index contributed by atoms with van der Waals surface area (Å²) >= 11 is 0. The van der Waals surface area contributed by atoms with Crippen LogP contribution in [0, 0.1) is 5.82 Å². The zero-order valence-corrected chi connectivity index (χ0v) is 13.9. The fourth-order valence-electron chi connectivity index (χ4n) is 1.71. The number of ether oxygens (including phenoxy) is 1. The molecule has 0 aliphatic carbocycles. The van der Waals surface area contributed by atoms with Crippen molar-refractivity contribution in [2.45, 2.75) is 30.7 Å². The van der Waals surface area contributed by atoms with E-state index in [-0.39, 0.29) is 17.9 Å². The second-order valence-corrected chi connectivity index (χ2v) is 7.03. The summed E-state index contributed by atoms with van der Waals surface area (Å²) in [5.74, 6) is -1.67. The molecule has 7 nitrogen and oxygen atoms in total. The molecule has 23 heavy (non-hydrogen) atoms. The van der Waals surface area contributed by atoms with Crippen molar-refractivity contribution in [3.8, 4) is 0 Å². The summed E-state index contributed by atoms with van der Waals surface area (Å²) in [6, 6.07) is 4.30. The molecule has 1 aromatic carbocycles. The molecule has 0 fully saturated rings. The van der Waals surface area contributed by atoms with Gasteiger partial charge >= 0.3 is 5.97 Å². The molecule has 0 spiro atoms. The van der Waals surface area contributed by atoms with E-state index in [1.165, 1.54) is 21.0 Å². The molecule has 0 saturated heterocycles. The highest BCUT2D eigenvalue weighted by atomic mass is 32.2. The van der Waals surface area contributed by atoms with Crippen LogP contribution in [-0.4, -0.2) is 39.5 Å². The van der Waals surface area contributed by atoms with Gasteiger partial charge in [-0.05, 0) is 38.1 Å². The molecule has 1 aromatic rings. The van der Waals surface area contributed by atoms with Crippen molar-refractivity contribution in [1.82, 2.24) is 10.0 Å². The van der Waals surface area contributed by atoms with Gasteiger partial charge in [-0.25, -0.2) is 22.3 Å². The Morgan fingerprint density at radius 2 is 1.78 bits per heavy atom. The summed E-state index contributed by atoms with van der Waals surface area (Å²) in [6.45, 7) is 2.78. The number of sulfonamides is 1. The SMILES string of the molecule is COC(=O)C(C)(C)NC(=O)CCNS(=O)(=O)c1ccc(F)cc1. The van der Waals surface area contributed by atoms with E-state index in [2.05, 4.69) is 14.8 Å². The normalized spacial score (nSPS) is 11.8. The van der Waals surface area contributed by atoms with E-state index in [9.17, 15) is 22.4 Å². The van der Waals surface area contributed by atoms with Gasteiger partial charge in [0.05, 0.1) is 12.0 Å². The molecule has 1 amide bonds. The van der Waals surface area contributed by atoms with Gasteiger partial charge in [-0.3, -0.25) is 4.79 Å². The number of methoxy groups -OCH3 is 1. The van der Waals surface area contributed by atoms with Crippen LogP contribution in [0.25, 0.3) is 0 Å². The Morgan fingerprint density at radius 3 is 2.30 bits per heavy atom. The van der Waals surface area contributed by atoms with Gasteiger partial charge in [0.1, 0.15) is 11.4 Å². The highest BCUT2D eigenvalue weighted by Gasteiger charge is 2.30. The van der Waals surface area contributed by atoms with Crippen molar-refractivity contribution >= 4 is 21.9 Å².